The van der Waals surface area contributed by atoms with E-state index in [-0.39, 0.29) is 5.82 Å². The van der Waals surface area contributed by atoms with E-state index in [9.17, 15) is 13.2 Å². The molecule has 0 aliphatic rings. The van der Waals surface area contributed by atoms with Gasteiger partial charge in [0.25, 0.3) is 0 Å². The van der Waals surface area contributed by atoms with Crippen molar-refractivity contribution < 1.29 is 13.2 Å². The Morgan fingerprint density at radius 2 is 1.24 bits per heavy atom. The lowest BCUT2D eigenvalue weighted by Gasteiger charge is -2.04. The number of hydrogen-bond donors (Lipinski definition) is 0. The minimum absolute atomic E-state index is 0.367. The van der Waals surface area contributed by atoms with Crippen molar-refractivity contribution in [2.24, 2.45) is 0 Å². The predicted octanol–water partition coefficient (Wildman–Crippen LogP) is 4.41. The fourth-order valence-electron chi connectivity index (χ4n) is 1.98. The summed E-state index contributed by atoms with van der Waals surface area (Å²) in [6.07, 6.45) is 0. The highest BCUT2D eigenvalue weighted by atomic mass is 19.2. The van der Waals surface area contributed by atoms with Crippen LogP contribution in [0.1, 0.15) is 0 Å². The van der Waals surface area contributed by atoms with E-state index >= 15 is 0 Å². The number of rotatable bonds is 0. The summed E-state index contributed by atoms with van der Waals surface area (Å²) >= 11 is 0. The molecule has 0 aliphatic carbocycles. The van der Waals surface area contributed by atoms with Crippen molar-refractivity contribution in [3.63, 3.8) is 0 Å². The smallest absolute Gasteiger partial charge is 0.159 e. The van der Waals surface area contributed by atoms with Crippen molar-refractivity contribution in [2.75, 3.05) is 0 Å². The molecule has 84 valence electrons. The zero-order chi connectivity index (χ0) is 12.0. The third kappa shape index (κ3) is 1.55. The van der Waals surface area contributed by atoms with Crippen LogP contribution in [-0.2, 0) is 0 Å². The van der Waals surface area contributed by atoms with Gasteiger partial charge < -0.3 is 0 Å². The molecular weight excluding hydrogens is 225 g/mol. The lowest BCUT2D eigenvalue weighted by molar-refractivity contribution is 0.511. The highest BCUT2D eigenvalue weighted by Gasteiger charge is 2.07. The molecule has 0 bridgehead atoms. The second-order valence-corrected chi connectivity index (χ2v) is 3.93. The standard InChI is InChI=1S/C14H7F3/c15-12-3-1-2-8-4-9-6-13(16)14(17)7-10(9)5-11(8)12/h1-7H. The van der Waals surface area contributed by atoms with Crippen LogP contribution in [0.25, 0.3) is 21.5 Å². The fraction of sp³-hybridized carbons (Fsp3) is 0. The number of benzene rings is 3. The molecule has 0 amide bonds. The molecule has 0 nitrogen and oxygen atoms in total. The van der Waals surface area contributed by atoms with Gasteiger partial charge in [0.1, 0.15) is 5.82 Å². The van der Waals surface area contributed by atoms with E-state index in [1.54, 1.807) is 18.2 Å². The van der Waals surface area contributed by atoms with Gasteiger partial charge in [0.2, 0.25) is 0 Å². The van der Waals surface area contributed by atoms with E-state index in [1.807, 2.05) is 0 Å². The molecule has 0 spiro atoms. The number of hydrogen-bond acceptors (Lipinski definition) is 0. The zero-order valence-electron chi connectivity index (χ0n) is 8.68. The lowest BCUT2D eigenvalue weighted by Crippen LogP contribution is -1.86. The first-order chi connectivity index (χ1) is 8.15. The summed E-state index contributed by atoms with van der Waals surface area (Å²) in [7, 11) is 0. The van der Waals surface area contributed by atoms with Crippen LogP contribution in [0, 0.1) is 17.5 Å². The molecular formula is C14H7F3. The Bertz CT molecular complexity index is 732. The minimum Gasteiger partial charge on any atom is -0.206 e. The van der Waals surface area contributed by atoms with Gasteiger partial charge in [0, 0.05) is 5.39 Å². The molecule has 0 atom stereocenters. The third-order valence-corrected chi connectivity index (χ3v) is 2.82. The zero-order valence-corrected chi connectivity index (χ0v) is 8.68. The maximum absolute atomic E-state index is 13.5. The minimum atomic E-state index is -0.923. The van der Waals surface area contributed by atoms with E-state index in [1.165, 1.54) is 12.1 Å². The average Bonchev–Trinajstić information content (AvgIpc) is 2.29. The molecule has 0 aliphatic heterocycles. The molecule has 0 aromatic heterocycles. The molecule has 3 heteroatoms. The van der Waals surface area contributed by atoms with Crippen molar-refractivity contribution in [2.45, 2.75) is 0 Å². The van der Waals surface area contributed by atoms with Crippen LogP contribution < -0.4 is 0 Å². The second kappa shape index (κ2) is 3.48. The van der Waals surface area contributed by atoms with Crippen molar-refractivity contribution in [3.05, 3.63) is 59.9 Å². The molecule has 3 aromatic carbocycles. The summed E-state index contributed by atoms with van der Waals surface area (Å²) in [5.74, 6) is -2.18. The molecule has 3 rings (SSSR count). The summed E-state index contributed by atoms with van der Waals surface area (Å²) in [5, 5.41) is 2.12. The lowest BCUT2D eigenvalue weighted by atomic mass is 10.0. The predicted molar refractivity (Wildman–Crippen MR) is 61.3 cm³/mol. The van der Waals surface area contributed by atoms with Crippen molar-refractivity contribution in [1.82, 2.24) is 0 Å². The van der Waals surface area contributed by atoms with Gasteiger partial charge in [-0.05, 0) is 46.5 Å². The molecule has 0 heterocycles. The molecule has 17 heavy (non-hydrogen) atoms. The van der Waals surface area contributed by atoms with E-state index in [0.717, 1.165) is 12.1 Å². The van der Waals surface area contributed by atoms with Crippen LogP contribution in [0.2, 0.25) is 0 Å². The summed E-state index contributed by atoms with van der Waals surface area (Å²) in [6.45, 7) is 0. The van der Waals surface area contributed by atoms with E-state index < -0.39 is 11.6 Å². The first-order valence-corrected chi connectivity index (χ1v) is 5.12. The van der Waals surface area contributed by atoms with Gasteiger partial charge >= 0.3 is 0 Å². The Morgan fingerprint density at radius 1 is 0.588 bits per heavy atom. The number of halogens is 3. The van der Waals surface area contributed by atoms with Crippen LogP contribution in [0.5, 0.6) is 0 Å². The monoisotopic (exact) mass is 232 g/mol. The van der Waals surface area contributed by atoms with Gasteiger partial charge in [-0.15, -0.1) is 0 Å². The Hall–Kier alpha value is -2.03. The van der Waals surface area contributed by atoms with Crippen LogP contribution in [-0.4, -0.2) is 0 Å². The largest absolute Gasteiger partial charge is 0.206 e. The van der Waals surface area contributed by atoms with Crippen LogP contribution in [0.4, 0.5) is 13.2 Å². The first-order valence-electron chi connectivity index (χ1n) is 5.12. The van der Waals surface area contributed by atoms with Gasteiger partial charge in [-0.2, -0.15) is 0 Å². The quantitative estimate of drug-likeness (QED) is 0.503. The van der Waals surface area contributed by atoms with Crippen molar-refractivity contribution >= 4 is 21.5 Å². The Balaban J connectivity index is 2.48. The van der Waals surface area contributed by atoms with E-state index in [0.29, 0.717) is 21.5 Å². The summed E-state index contributed by atoms with van der Waals surface area (Å²) in [4.78, 5) is 0. The molecule has 3 aromatic rings. The normalized spacial score (nSPS) is 11.2. The van der Waals surface area contributed by atoms with Gasteiger partial charge in [-0.1, -0.05) is 12.1 Å². The molecule has 0 fully saturated rings. The van der Waals surface area contributed by atoms with Crippen LogP contribution >= 0.6 is 0 Å². The van der Waals surface area contributed by atoms with Crippen LogP contribution in [0.15, 0.2) is 42.5 Å². The maximum atomic E-state index is 13.5. The average molecular weight is 232 g/mol. The van der Waals surface area contributed by atoms with Gasteiger partial charge in [-0.3, -0.25) is 0 Å². The topological polar surface area (TPSA) is 0 Å². The molecule has 0 radical (unpaired) electrons. The first kappa shape index (κ1) is 10.1. The summed E-state index contributed by atoms with van der Waals surface area (Å²) in [5.41, 5.74) is 0. The van der Waals surface area contributed by atoms with Crippen molar-refractivity contribution in [3.8, 4) is 0 Å². The second-order valence-electron chi connectivity index (χ2n) is 3.93. The highest BCUT2D eigenvalue weighted by Crippen LogP contribution is 2.26. The Labute approximate surface area is 95.3 Å². The third-order valence-electron chi connectivity index (χ3n) is 2.82. The fourth-order valence-corrected chi connectivity index (χ4v) is 1.98. The summed E-state index contributed by atoms with van der Waals surface area (Å²) < 4.78 is 39.7. The Kier molecular flexibility index (Phi) is 2.08. The molecule has 0 saturated carbocycles. The molecule has 0 saturated heterocycles. The van der Waals surface area contributed by atoms with Gasteiger partial charge in [0.05, 0.1) is 0 Å². The number of fused-ring (bicyclic) bond motifs is 2. The Morgan fingerprint density at radius 3 is 1.94 bits per heavy atom. The maximum Gasteiger partial charge on any atom is 0.159 e. The SMILES string of the molecule is Fc1cc2cc3cccc(F)c3cc2cc1F. The molecule has 0 N–H and O–H groups in total. The van der Waals surface area contributed by atoms with E-state index in [2.05, 4.69) is 0 Å². The van der Waals surface area contributed by atoms with E-state index in [4.69, 9.17) is 0 Å². The van der Waals surface area contributed by atoms with Crippen LogP contribution in [0.3, 0.4) is 0 Å². The van der Waals surface area contributed by atoms with Gasteiger partial charge in [0.15, 0.2) is 11.6 Å². The molecule has 0 unspecified atom stereocenters. The van der Waals surface area contributed by atoms with Gasteiger partial charge in [-0.25, -0.2) is 13.2 Å². The van der Waals surface area contributed by atoms with Crippen molar-refractivity contribution in [1.29, 1.82) is 0 Å². The highest BCUT2D eigenvalue weighted by molar-refractivity contribution is 5.98. The summed E-state index contributed by atoms with van der Waals surface area (Å²) in [6, 6.07) is 10.0.